The number of nitrogens with zero attached hydrogens (tertiary/aromatic N) is 5. The summed E-state index contributed by atoms with van der Waals surface area (Å²) >= 11 is 0. The summed E-state index contributed by atoms with van der Waals surface area (Å²) in [4.78, 5) is 28.5. The Morgan fingerprint density at radius 3 is 2.62 bits per heavy atom. The molecule has 21 heavy (non-hydrogen) atoms. The number of hydrogen-bond donors (Lipinski definition) is 1. The molecule has 2 N–H and O–H groups in total. The van der Waals surface area contributed by atoms with E-state index in [9.17, 15) is 4.79 Å². The highest BCUT2D eigenvalue weighted by atomic mass is 16.1. The molecule has 0 saturated carbocycles. The van der Waals surface area contributed by atoms with Crippen LogP contribution in [0.3, 0.4) is 0 Å². The Kier molecular flexibility index (Phi) is 3.66. The first-order valence-electron chi connectivity index (χ1n) is 7.01. The van der Waals surface area contributed by atoms with Crippen LogP contribution in [-0.2, 0) is 4.79 Å². The average Bonchev–Trinajstić information content (AvgIpc) is 2.54. The quantitative estimate of drug-likeness (QED) is 0.856. The van der Waals surface area contributed by atoms with Crippen LogP contribution in [0.5, 0.6) is 0 Å². The summed E-state index contributed by atoms with van der Waals surface area (Å²) in [6.45, 7) is 5.07. The summed E-state index contributed by atoms with van der Waals surface area (Å²) in [5, 5.41) is 0. The molecule has 0 bridgehead atoms. The molecule has 0 radical (unpaired) electrons. The van der Waals surface area contributed by atoms with Crippen molar-refractivity contribution in [3.63, 3.8) is 0 Å². The molecule has 1 atom stereocenters. The van der Waals surface area contributed by atoms with Crippen molar-refractivity contribution in [1.29, 1.82) is 0 Å². The van der Waals surface area contributed by atoms with E-state index in [0.717, 1.165) is 37.5 Å². The monoisotopic (exact) mass is 286 g/mol. The number of amides is 1. The van der Waals surface area contributed by atoms with Crippen LogP contribution in [0, 0.1) is 0 Å². The van der Waals surface area contributed by atoms with Gasteiger partial charge in [0.1, 0.15) is 11.3 Å². The van der Waals surface area contributed by atoms with E-state index in [4.69, 9.17) is 5.73 Å². The lowest BCUT2D eigenvalue weighted by Gasteiger charge is -2.37. The van der Waals surface area contributed by atoms with Crippen LogP contribution < -0.4 is 10.6 Å². The van der Waals surface area contributed by atoms with Gasteiger partial charge in [-0.05, 0) is 19.1 Å². The number of fused-ring (bicyclic) bond motifs is 1. The van der Waals surface area contributed by atoms with Gasteiger partial charge in [-0.15, -0.1) is 0 Å². The maximum Gasteiger partial charge on any atom is 0.234 e. The van der Waals surface area contributed by atoms with Gasteiger partial charge >= 0.3 is 0 Å². The molecule has 1 aliphatic heterocycles. The van der Waals surface area contributed by atoms with Crippen molar-refractivity contribution in [2.45, 2.75) is 13.0 Å². The van der Waals surface area contributed by atoms with Gasteiger partial charge in [0, 0.05) is 38.6 Å². The van der Waals surface area contributed by atoms with E-state index in [1.54, 1.807) is 12.4 Å². The fourth-order valence-electron chi connectivity index (χ4n) is 2.54. The fraction of sp³-hybridized carbons (Fsp3) is 0.429. The summed E-state index contributed by atoms with van der Waals surface area (Å²) in [7, 11) is 0. The number of aromatic nitrogens is 3. The van der Waals surface area contributed by atoms with Crippen LogP contribution in [-0.4, -0.2) is 58.0 Å². The minimum absolute atomic E-state index is 0.220. The first-order valence-corrected chi connectivity index (χ1v) is 7.01. The van der Waals surface area contributed by atoms with E-state index >= 15 is 0 Å². The Morgan fingerprint density at radius 2 is 1.90 bits per heavy atom. The molecule has 0 aromatic carbocycles. The van der Waals surface area contributed by atoms with Gasteiger partial charge in [0.15, 0.2) is 5.65 Å². The topological polar surface area (TPSA) is 88.2 Å². The molecule has 1 fully saturated rings. The number of primary amides is 1. The normalized spacial score (nSPS) is 17.9. The van der Waals surface area contributed by atoms with Gasteiger partial charge in [-0.1, -0.05) is 0 Å². The number of piperazine rings is 1. The molecule has 2 aromatic heterocycles. The minimum Gasteiger partial charge on any atom is -0.368 e. The smallest absolute Gasteiger partial charge is 0.234 e. The summed E-state index contributed by atoms with van der Waals surface area (Å²) in [6.07, 6.45) is 3.30. The molecule has 2 aromatic rings. The van der Waals surface area contributed by atoms with E-state index in [0.29, 0.717) is 5.65 Å². The van der Waals surface area contributed by atoms with Crippen molar-refractivity contribution < 1.29 is 4.79 Å². The molecule has 3 heterocycles. The lowest BCUT2D eigenvalue weighted by atomic mass is 10.2. The van der Waals surface area contributed by atoms with Crippen molar-refractivity contribution >= 4 is 22.9 Å². The molecule has 0 spiro atoms. The van der Waals surface area contributed by atoms with Crippen molar-refractivity contribution in [2.24, 2.45) is 5.73 Å². The fourth-order valence-corrected chi connectivity index (χ4v) is 2.54. The number of pyridine rings is 1. The third-order valence-corrected chi connectivity index (χ3v) is 3.91. The third-order valence-electron chi connectivity index (χ3n) is 3.91. The van der Waals surface area contributed by atoms with Crippen LogP contribution in [0.1, 0.15) is 6.92 Å². The molecule has 1 unspecified atom stereocenters. The molecule has 0 aliphatic carbocycles. The predicted octanol–water partition coefficient (Wildman–Crippen LogP) is 0.0206. The molecule has 1 aliphatic rings. The highest BCUT2D eigenvalue weighted by Gasteiger charge is 2.24. The molecular formula is C14H18N6O. The molecule has 7 heteroatoms. The van der Waals surface area contributed by atoms with Gasteiger partial charge in [0.2, 0.25) is 5.91 Å². The highest BCUT2D eigenvalue weighted by Crippen LogP contribution is 2.17. The van der Waals surface area contributed by atoms with Crippen molar-refractivity contribution in [1.82, 2.24) is 19.9 Å². The maximum absolute atomic E-state index is 11.2. The lowest BCUT2D eigenvalue weighted by molar-refractivity contribution is -0.122. The van der Waals surface area contributed by atoms with Crippen LogP contribution in [0.15, 0.2) is 24.5 Å². The second-order valence-electron chi connectivity index (χ2n) is 5.17. The average molecular weight is 286 g/mol. The zero-order valence-electron chi connectivity index (χ0n) is 11.9. The Balaban J connectivity index is 1.72. The lowest BCUT2D eigenvalue weighted by Crippen LogP contribution is -2.53. The second kappa shape index (κ2) is 5.61. The minimum atomic E-state index is -0.275. The summed E-state index contributed by atoms with van der Waals surface area (Å²) in [6, 6.07) is 3.68. The third kappa shape index (κ3) is 2.78. The van der Waals surface area contributed by atoms with Gasteiger partial charge in [0.25, 0.3) is 0 Å². The van der Waals surface area contributed by atoms with E-state index in [1.807, 2.05) is 19.1 Å². The van der Waals surface area contributed by atoms with Crippen LogP contribution in [0.25, 0.3) is 11.2 Å². The Labute approximate surface area is 122 Å². The van der Waals surface area contributed by atoms with E-state index < -0.39 is 0 Å². The number of carbonyl (C=O) groups excluding carboxylic acids is 1. The van der Waals surface area contributed by atoms with Gasteiger partial charge in [-0.3, -0.25) is 14.7 Å². The summed E-state index contributed by atoms with van der Waals surface area (Å²) in [5.74, 6) is 0.622. The number of anilines is 1. The number of hydrogen-bond acceptors (Lipinski definition) is 6. The first-order chi connectivity index (χ1) is 10.1. The summed E-state index contributed by atoms with van der Waals surface area (Å²) < 4.78 is 0. The van der Waals surface area contributed by atoms with Crippen molar-refractivity contribution in [3.8, 4) is 0 Å². The van der Waals surface area contributed by atoms with Crippen LogP contribution in [0.4, 0.5) is 5.82 Å². The Morgan fingerprint density at radius 1 is 1.19 bits per heavy atom. The Bertz CT molecular complexity index is 653. The van der Waals surface area contributed by atoms with Gasteiger partial charge in [0.05, 0.1) is 6.04 Å². The highest BCUT2D eigenvalue weighted by molar-refractivity contribution is 5.79. The standard InChI is InChI=1S/C14H18N6O/c1-10(13(15)21)19-6-8-20(9-7-19)12-3-2-11-14(18-12)17-5-4-16-11/h2-5,10H,6-9H2,1H3,(H2,15,21). The van der Waals surface area contributed by atoms with Crippen LogP contribution >= 0.6 is 0 Å². The van der Waals surface area contributed by atoms with Gasteiger partial charge in [-0.25, -0.2) is 9.97 Å². The van der Waals surface area contributed by atoms with Crippen LogP contribution in [0.2, 0.25) is 0 Å². The predicted molar refractivity (Wildman–Crippen MR) is 79.8 cm³/mol. The largest absolute Gasteiger partial charge is 0.368 e. The second-order valence-corrected chi connectivity index (χ2v) is 5.17. The molecular weight excluding hydrogens is 268 g/mol. The zero-order valence-corrected chi connectivity index (χ0v) is 11.9. The molecule has 3 rings (SSSR count). The first kappa shape index (κ1) is 13.7. The molecule has 110 valence electrons. The maximum atomic E-state index is 11.2. The van der Waals surface area contributed by atoms with Crippen molar-refractivity contribution in [2.75, 3.05) is 31.1 Å². The summed E-state index contributed by atoms with van der Waals surface area (Å²) in [5.41, 5.74) is 6.80. The van der Waals surface area contributed by atoms with Gasteiger partial charge in [-0.2, -0.15) is 0 Å². The van der Waals surface area contributed by atoms with Crippen molar-refractivity contribution in [3.05, 3.63) is 24.5 Å². The number of nitrogens with two attached hydrogens (primary N) is 1. The Hall–Kier alpha value is -2.28. The molecule has 7 nitrogen and oxygen atoms in total. The van der Waals surface area contributed by atoms with E-state index in [1.165, 1.54) is 0 Å². The SMILES string of the molecule is CC(C(N)=O)N1CCN(c2ccc3nccnc3n2)CC1. The zero-order chi connectivity index (χ0) is 14.8. The number of carbonyl (C=O) groups is 1. The number of rotatable bonds is 3. The van der Waals surface area contributed by atoms with E-state index in [2.05, 4.69) is 24.8 Å². The van der Waals surface area contributed by atoms with E-state index in [-0.39, 0.29) is 11.9 Å². The molecule has 1 amide bonds. The molecule has 1 saturated heterocycles. The van der Waals surface area contributed by atoms with Gasteiger partial charge < -0.3 is 10.6 Å².